The van der Waals surface area contributed by atoms with Gasteiger partial charge in [0.25, 0.3) is 11.8 Å². The number of benzene rings is 1. The molecule has 0 saturated heterocycles. The Balaban J connectivity index is 1.85. The normalized spacial score (nSPS) is 10.3. The fraction of sp³-hybridized carbons (Fsp3) is 0.176. The molecule has 130 valence electrons. The van der Waals surface area contributed by atoms with E-state index in [9.17, 15) is 9.59 Å². The highest BCUT2D eigenvalue weighted by atomic mass is 16.5. The molecular formula is C17H18N4O4. The summed E-state index contributed by atoms with van der Waals surface area (Å²) in [5, 5.41) is 6.31. The van der Waals surface area contributed by atoms with Crippen LogP contribution in [-0.4, -0.2) is 43.8 Å². The zero-order valence-corrected chi connectivity index (χ0v) is 13.9. The molecule has 2 amide bonds. The summed E-state index contributed by atoms with van der Waals surface area (Å²) in [5.74, 6) is 0.0946. The summed E-state index contributed by atoms with van der Waals surface area (Å²) in [6.45, 7) is -0.207. The number of aromatic nitrogens is 1. The van der Waals surface area contributed by atoms with Gasteiger partial charge in [0.05, 0.1) is 27.0 Å². The van der Waals surface area contributed by atoms with Gasteiger partial charge in [0, 0.05) is 18.0 Å². The molecule has 0 bridgehead atoms. The lowest BCUT2D eigenvalue weighted by molar-refractivity contribution is -0.120. The van der Waals surface area contributed by atoms with Crippen LogP contribution >= 0.6 is 0 Å². The van der Waals surface area contributed by atoms with Crippen molar-refractivity contribution in [3.63, 3.8) is 0 Å². The van der Waals surface area contributed by atoms with Gasteiger partial charge >= 0.3 is 0 Å². The molecule has 0 radical (unpaired) electrons. The third-order valence-electron chi connectivity index (χ3n) is 3.16. The Labute approximate surface area is 144 Å². The van der Waals surface area contributed by atoms with E-state index < -0.39 is 11.8 Å². The number of rotatable bonds is 7. The highest BCUT2D eigenvalue weighted by Crippen LogP contribution is 2.27. The van der Waals surface area contributed by atoms with Gasteiger partial charge < -0.3 is 14.8 Å². The molecule has 0 aliphatic rings. The van der Waals surface area contributed by atoms with Crippen molar-refractivity contribution < 1.29 is 19.1 Å². The van der Waals surface area contributed by atoms with Crippen molar-refractivity contribution in [3.8, 4) is 11.5 Å². The van der Waals surface area contributed by atoms with Crippen molar-refractivity contribution in [2.24, 2.45) is 5.10 Å². The second-order valence-corrected chi connectivity index (χ2v) is 4.83. The van der Waals surface area contributed by atoms with Crippen LogP contribution in [0.5, 0.6) is 11.5 Å². The largest absolute Gasteiger partial charge is 0.493 e. The van der Waals surface area contributed by atoms with Crippen molar-refractivity contribution in [1.82, 2.24) is 15.7 Å². The lowest BCUT2D eigenvalue weighted by Crippen LogP contribution is -2.34. The number of hydrogen-bond acceptors (Lipinski definition) is 6. The summed E-state index contributed by atoms with van der Waals surface area (Å²) in [7, 11) is 2.99. The Hall–Kier alpha value is -3.42. The Morgan fingerprint density at radius 1 is 1.12 bits per heavy atom. The molecule has 0 fully saturated rings. The van der Waals surface area contributed by atoms with E-state index in [-0.39, 0.29) is 6.54 Å². The van der Waals surface area contributed by atoms with Crippen LogP contribution in [0.25, 0.3) is 0 Å². The lowest BCUT2D eigenvalue weighted by atomic mass is 10.2. The topological polar surface area (TPSA) is 102 Å². The fourth-order valence-corrected chi connectivity index (χ4v) is 1.91. The first-order valence-electron chi connectivity index (χ1n) is 7.36. The summed E-state index contributed by atoms with van der Waals surface area (Å²) in [5.41, 5.74) is 3.48. The number of hydrazone groups is 1. The first kappa shape index (κ1) is 17.9. The maximum Gasteiger partial charge on any atom is 0.259 e. The van der Waals surface area contributed by atoms with Crippen LogP contribution in [0.3, 0.4) is 0 Å². The quantitative estimate of drug-likeness (QED) is 0.577. The predicted molar refractivity (Wildman–Crippen MR) is 91.9 cm³/mol. The first-order valence-corrected chi connectivity index (χ1v) is 7.36. The van der Waals surface area contributed by atoms with Crippen LogP contribution < -0.4 is 20.2 Å². The average Bonchev–Trinajstić information content (AvgIpc) is 2.66. The average molecular weight is 342 g/mol. The number of amides is 2. The van der Waals surface area contributed by atoms with E-state index in [4.69, 9.17) is 9.47 Å². The van der Waals surface area contributed by atoms with E-state index in [0.717, 1.165) is 5.56 Å². The summed E-state index contributed by atoms with van der Waals surface area (Å²) >= 11 is 0. The molecule has 8 nitrogen and oxygen atoms in total. The van der Waals surface area contributed by atoms with Crippen molar-refractivity contribution in [2.75, 3.05) is 20.8 Å². The van der Waals surface area contributed by atoms with E-state index in [2.05, 4.69) is 20.8 Å². The summed E-state index contributed by atoms with van der Waals surface area (Å²) in [6, 6.07) is 8.22. The number of pyridine rings is 1. The number of nitrogens with zero attached hydrogens (tertiary/aromatic N) is 2. The lowest BCUT2D eigenvalue weighted by Gasteiger charge is -2.09. The van der Waals surface area contributed by atoms with Gasteiger partial charge in [0.2, 0.25) is 0 Å². The number of carbonyl (C=O) groups excluding carboxylic acids is 2. The monoisotopic (exact) mass is 342 g/mol. The molecule has 0 spiro atoms. The van der Waals surface area contributed by atoms with Crippen LogP contribution in [0.15, 0.2) is 47.8 Å². The van der Waals surface area contributed by atoms with Crippen molar-refractivity contribution in [3.05, 3.63) is 53.9 Å². The molecule has 1 aromatic carbocycles. The van der Waals surface area contributed by atoms with Crippen molar-refractivity contribution in [2.45, 2.75) is 0 Å². The number of nitrogens with one attached hydrogen (secondary N) is 2. The Morgan fingerprint density at radius 2 is 1.84 bits per heavy atom. The zero-order chi connectivity index (χ0) is 18.1. The van der Waals surface area contributed by atoms with E-state index in [1.165, 1.54) is 26.5 Å². The van der Waals surface area contributed by atoms with Crippen molar-refractivity contribution >= 4 is 18.0 Å². The molecule has 0 atom stereocenters. The summed E-state index contributed by atoms with van der Waals surface area (Å²) < 4.78 is 10.2. The number of hydrogen-bond donors (Lipinski definition) is 2. The number of ether oxygens (including phenoxy) is 2. The van der Waals surface area contributed by atoms with E-state index >= 15 is 0 Å². The zero-order valence-electron chi connectivity index (χ0n) is 13.9. The third kappa shape index (κ3) is 5.31. The molecule has 0 unspecified atom stereocenters. The SMILES string of the molecule is COc1ccc(C(=O)NCC(=O)NN=Cc2ccncc2)cc1OC. The Morgan fingerprint density at radius 3 is 2.52 bits per heavy atom. The standard InChI is InChI=1S/C17H18N4O4/c1-24-14-4-3-13(9-15(14)25-2)17(23)19-11-16(22)21-20-10-12-5-7-18-8-6-12/h3-10H,11H2,1-2H3,(H,19,23)(H,21,22). The fourth-order valence-electron chi connectivity index (χ4n) is 1.91. The van der Waals surface area contributed by atoms with Crippen LogP contribution in [0.2, 0.25) is 0 Å². The highest BCUT2D eigenvalue weighted by molar-refractivity contribution is 5.97. The van der Waals surface area contributed by atoms with Gasteiger partial charge in [0.15, 0.2) is 11.5 Å². The van der Waals surface area contributed by atoms with Crippen molar-refractivity contribution in [1.29, 1.82) is 0 Å². The molecule has 0 aliphatic heterocycles. The van der Waals surface area contributed by atoms with E-state index in [1.807, 2.05) is 0 Å². The van der Waals surface area contributed by atoms with E-state index in [0.29, 0.717) is 17.1 Å². The van der Waals surface area contributed by atoms with Crippen LogP contribution in [0.4, 0.5) is 0 Å². The minimum atomic E-state index is -0.445. The maximum absolute atomic E-state index is 12.1. The minimum absolute atomic E-state index is 0.207. The van der Waals surface area contributed by atoms with Gasteiger partial charge in [-0.2, -0.15) is 5.10 Å². The predicted octanol–water partition coefficient (Wildman–Crippen LogP) is 0.979. The molecule has 8 heteroatoms. The van der Waals surface area contributed by atoms with Crippen LogP contribution in [0, 0.1) is 0 Å². The molecule has 1 heterocycles. The van der Waals surface area contributed by atoms with Gasteiger partial charge in [-0.3, -0.25) is 14.6 Å². The summed E-state index contributed by atoms with van der Waals surface area (Å²) in [6.07, 6.45) is 4.72. The molecule has 0 aliphatic carbocycles. The van der Waals surface area contributed by atoms with Gasteiger partial charge in [0.1, 0.15) is 0 Å². The van der Waals surface area contributed by atoms with Gasteiger partial charge in [-0.05, 0) is 35.9 Å². The third-order valence-corrected chi connectivity index (χ3v) is 3.16. The van der Waals surface area contributed by atoms with Crippen LogP contribution in [-0.2, 0) is 4.79 Å². The van der Waals surface area contributed by atoms with Gasteiger partial charge in [-0.25, -0.2) is 5.43 Å². The summed E-state index contributed by atoms with van der Waals surface area (Å²) in [4.78, 5) is 27.7. The second-order valence-electron chi connectivity index (χ2n) is 4.83. The Bertz CT molecular complexity index is 762. The smallest absolute Gasteiger partial charge is 0.259 e. The maximum atomic E-state index is 12.1. The van der Waals surface area contributed by atoms with Gasteiger partial charge in [-0.15, -0.1) is 0 Å². The molecular weight excluding hydrogens is 324 g/mol. The van der Waals surface area contributed by atoms with E-state index in [1.54, 1.807) is 36.7 Å². The molecule has 2 aromatic rings. The Kier molecular flexibility index (Phi) is 6.47. The van der Waals surface area contributed by atoms with Gasteiger partial charge in [-0.1, -0.05) is 0 Å². The number of carbonyl (C=O) groups is 2. The minimum Gasteiger partial charge on any atom is -0.493 e. The van der Waals surface area contributed by atoms with Crippen LogP contribution in [0.1, 0.15) is 15.9 Å². The molecule has 0 saturated carbocycles. The molecule has 2 rings (SSSR count). The highest BCUT2D eigenvalue weighted by Gasteiger charge is 2.11. The molecule has 1 aromatic heterocycles. The molecule has 25 heavy (non-hydrogen) atoms. The number of methoxy groups -OCH3 is 2. The molecule has 2 N–H and O–H groups in total. The second kappa shape index (κ2) is 9.02. The first-order chi connectivity index (χ1) is 12.1.